The quantitative estimate of drug-likeness (QED) is 0.637. The van der Waals surface area contributed by atoms with E-state index < -0.39 is 5.97 Å². The van der Waals surface area contributed by atoms with E-state index in [1.807, 2.05) is 0 Å². The number of carboxylic acid groups (broad SMARTS) is 1. The van der Waals surface area contributed by atoms with Crippen molar-refractivity contribution in [1.29, 1.82) is 0 Å². The molecular weight excluding hydrogens is 312 g/mol. The summed E-state index contributed by atoms with van der Waals surface area (Å²) in [4.78, 5) is 34.6. The highest BCUT2D eigenvalue weighted by Crippen LogP contribution is 2.49. The molecule has 1 aromatic carbocycles. The highest BCUT2D eigenvalue weighted by atomic mass is 16.5. The number of ether oxygens (including phenoxy) is 1. The van der Waals surface area contributed by atoms with E-state index >= 15 is 0 Å². The van der Waals surface area contributed by atoms with Crippen molar-refractivity contribution < 1.29 is 24.2 Å². The van der Waals surface area contributed by atoms with Gasteiger partial charge in [0, 0.05) is 31.5 Å². The number of hydrogen-bond donors (Lipinski definition) is 3. The van der Waals surface area contributed by atoms with Crippen LogP contribution in [0.4, 0.5) is 5.69 Å². The van der Waals surface area contributed by atoms with Gasteiger partial charge in [0.2, 0.25) is 5.91 Å². The van der Waals surface area contributed by atoms with Gasteiger partial charge < -0.3 is 20.5 Å². The first-order valence-corrected chi connectivity index (χ1v) is 7.87. The normalized spacial score (nSPS) is 14.7. The molecule has 2 amide bonds. The summed E-state index contributed by atoms with van der Waals surface area (Å²) in [6.45, 7) is 0.636. The van der Waals surface area contributed by atoms with E-state index in [2.05, 4.69) is 10.6 Å². The molecule has 0 saturated heterocycles. The average molecular weight is 334 g/mol. The lowest BCUT2D eigenvalue weighted by Gasteiger charge is -2.15. The molecule has 130 valence electrons. The Morgan fingerprint density at radius 3 is 2.42 bits per heavy atom. The summed E-state index contributed by atoms with van der Waals surface area (Å²) in [5, 5.41) is 13.9. The maximum atomic E-state index is 12.3. The second-order valence-electron chi connectivity index (χ2n) is 5.95. The number of benzene rings is 1. The van der Waals surface area contributed by atoms with Gasteiger partial charge in [-0.2, -0.15) is 0 Å². The molecule has 7 heteroatoms. The van der Waals surface area contributed by atoms with Crippen LogP contribution in [0.25, 0.3) is 0 Å². The molecule has 2 rings (SSSR count). The Hall–Kier alpha value is -2.41. The van der Waals surface area contributed by atoms with E-state index in [-0.39, 0.29) is 30.2 Å². The smallest absolute Gasteiger partial charge is 0.305 e. The number of nitrogens with one attached hydrogen (secondary N) is 2. The molecule has 0 spiro atoms. The zero-order chi connectivity index (χ0) is 17.6. The standard InChI is InChI=1S/C17H22N2O5/c1-24-11-9-17(7-8-17)16(23)19-13-4-2-12(3-5-13)15(22)18-10-6-14(20)21/h2-5H,6-11H2,1H3,(H,18,22)(H,19,23)(H,20,21). The number of rotatable bonds is 9. The zero-order valence-electron chi connectivity index (χ0n) is 13.6. The number of amides is 2. The van der Waals surface area contributed by atoms with E-state index in [9.17, 15) is 14.4 Å². The van der Waals surface area contributed by atoms with Crippen LogP contribution in [0, 0.1) is 5.41 Å². The molecule has 7 nitrogen and oxygen atoms in total. The number of methoxy groups -OCH3 is 1. The molecule has 0 aliphatic heterocycles. The fourth-order valence-corrected chi connectivity index (χ4v) is 2.39. The van der Waals surface area contributed by atoms with Crippen molar-refractivity contribution in [3.05, 3.63) is 29.8 Å². The summed E-state index contributed by atoms with van der Waals surface area (Å²) in [5.41, 5.74) is 0.729. The fraction of sp³-hybridized carbons (Fsp3) is 0.471. The summed E-state index contributed by atoms with van der Waals surface area (Å²) < 4.78 is 5.05. The van der Waals surface area contributed by atoms with Crippen molar-refractivity contribution in [2.75, 3.05) is 25.6 Å². The van der Waals surface area contributed by atoms with E-state index in [0.29, 0.717) is 24.3 Å². The van der Waals surface area contributed by atoms with Crippen LogP contribution in [-0.2, 0) is 14.3 Å². The number of carbonyl (C=O) groups excluding carboxylic acids is 2. The molecule has 1 fully saturated rings. The molecular formula is C17H22N2O5. The van der Waals surface area contributed by atoms with Crippen LogP contribution in [0.5, 0.6) is 0 Å². The summed E-state index contributed by atoms with van der Waals surface area (Å²) in [6.07, 6.45) is 2.32. The highest BCUT2D eigenvalue weighted by Gasteiger charge is 2.49. The maximum Gasteiger partial charge on any atom is 0.305 e. The van der Waals surface area contributed by atoms with Gasteiger partial charge in [0.25, 0.3) is 5.91 Å². The minimum absolute atomic E-state index is 0.0155. The molecule has 24 heavy (non-hydrogen) atoms. The van der Waals surface area contributed by atoms with Gasteiger partial charge in [0.15, 0.2) is 0 Å². The largest absolute Gasteiger partial charge is 0.481 e. The van der Waals surface area contributed by atoms with E-state index in [4.69, 9.17) is 9.84 Å². The third-order valence-electron chi connectivity index (χ3n) is 4.15. The summed E-state index contributed by atoms with van der Waals surface area (Å²) >= 11 is 0. The Balaban J connectivity index is 1.86. The van der Waals surface area contributed by atoms with Crippen molar-refractivity contribution >= 4 is 23.5 Å². The molecule has 1 saturated carbocycles. The Bertz CT molecular complexity index is 608. The van der Waals surface area contributed by atoms with Crippen LogP contribution in [0.2, 0.25) is 0 Å². The molecule has 0 bridgehead atoms. The van der Waals surface area contributed by atoms with Gasteiger partial charge in [-0.1, -0.05) is 0 Å². The van der Waals surface area contributed by atoms with Crippen molar-refractivity contribution in [1.82, 2.24) is 5.32 Å². The molecule has 0 radical (unpaired) electrons. The third-order valence-corrected chi connectivity index (χ3v) is 4.15. The van der Waals surface area contributed by atoms with Gasteiger partial charge in [-0.3, -0.25) is 14.4 Å². The highest BCUT2D eigenvalue weighted by molar-refractivity contribution is 5.98. The molecule has 0 unspecified atom stereocenters. The van der Waals surface area contributed by atoms with Gasteiger partial charge in [-0.15, -0.1) is 0 Å². The van der Waals surface area contributed by atoms with E-state index in [0.717, 1.165) is 12.8 Å². The minimum Gasteiger partial charge on any atom is -0.481 e. The molecule has 3 N–H and O–H groups in total. The Morgan fingerprint density at radius 2 is 1.88 bits per heavy atom. The van der Waals surface area contributed by atoms with Crippen LogP contribution in [0.15, 0.2) is 24.3 Å². The third kappa shape index (κ3) is 4.79. The number of anilines is 1. The first kappa shape index (κ1) is 17.9. The monoisotopic (exact) mass is 334 g/mol. The second-order valence-corrected chi connectivity index (χ2v) is 5.95. The number of hydrogen-bond acceptors (Lipinski definition) is 4. The second kappa shape index (κ2) is 7.92. The fourth-order valence-electron chi connectivity index (χ4n) is 2.39. The average Bonchev–Trinajstić information content (AvgIpc) is 3.34. The molecule has 0 aromatic heterocycles. The van der Waals surface area contributed by atoms with Gasteiger partial charge in [0.1, 0.15) is 0 Å². The van der Waals surface area contributed by atoms with Crippen LogP contribution in [-0.4, -0.2) is 43.2 Å². The summed E-state index contributed by atoms with van der Waals surface area (Å²) in [7, 11) is 1.62. The lowest BCUT2D eigenvalue weighted by molar-refractivity contribution is -0.136. The van der Waals surface area contributed by atoms with Crippen LogP contribution >= 0.6 is 0 Å². The van der Waals surface area contributed by atoms with Gasteiger partial charge >= 0.3 is 5.97 Å². The van der Waals surface area contributed by atoms with Crippen LogP contribution < -0.4 is 10.6 Å². The van der Waals surface area contributed by atoms with Crippen LogP contribution in [0.3, 0.4) is 0 Å². The Kier molecular flexibility index (Phi) is 5.92. The number of carbonyl (C=O) groups is 3. The lowest BCUT2D eigenvalue weighted by atomic mass is 10.0. The Labute approximate surface area is 140 Å². The zero-order valence-corrected chi connectivity index (χ0v) is 13.6. The maximum absolute atomic E-state index is 12.3. The molecule has 1 aromatic rings. The molecule has 0 heterocycles. The first-order chi connectivity index (χ1) is 11.5. The lowest BCUT2D eigenvalue weighted by Crippen LogP contribution is -2.26. The SMILES string of the molecule is COCCC1(C(=O)Nc2ccc(C(=O)NCCC(=O)O)cc2)CC1. The summed E-state index contributed by atoms with van der Waals surface area (Å²) in [6, 6.07) is 6.52. The molecule has 0 atom stereocenters. The Morgan fingerprint density at radius 1 is 1.21 bits per heavy atom. The van der Waals surface area contributed by atoms with E-state index in [1.54, 1.807) is 31.4 Å². The number of carboxylic acids is 1. The number of aliphatic carboxylic acids is 1. The predicted octanol–water partition coefficient (Wildman–Crippen LogP) is 1.65. The molecule has 1 aliphatic carbocycles. The van der Waals surface area contributed by atoms with E-state index in [1.165, 1.54) is 0 Å². The van der Waals surface area contributed by atoms with Gasteiger partial charge in [0.05, 0.1) is 11.8 Å². The summed E-state index contributed by atoms with van der Waals surface area (Å²) in [5.74, 6) is -1.32. The van der Waals surface area contributed by atoms with Crippen molar-refractivity contribution in [3.63, 3.8) is 0 Å². The van der Waals surface area contributed by atoms with Crippen LogP contribution in [0.1, 0.15) is 36.0 Å². The topological polar surface area (TPSA) is 105 Å². The minimum atomic E-state index is -0.962. The van der Waals surface area contributed by atoms with Crippen molar-refractivity contribution in [3.8, 4) is 0 Å². The van der Waals surface area contributed by atoms with Crippen molar-refractivity contribution in [2.45, 2.75) is 25.7 Å². The molecule has 1 aliphatic rings. The van der Waals surface area contributed by atoms with Gasteiger partial charge in [-0.25, -0.2) is 0 Å². The predicted molar refractivity (Wildman–Crippen MR) is 87.8 cm³/mol. The first-order valence-electron chi connectivity index (χ1n) is 7.87. The van der Waals surface area contributed by atoms with Gasteiger partial charge in [-0.05, 0) is 43.5 Å². The van der Waals surface area contributed by atoms with Crippen molar-refractivity contribution in [2.24, 2.45) is 5.41 Å².